The molecule has 1 aliphatic heterocycles. The first-order valence-electron chi connectivity index (χ1n) is 10.4. The van der Waals surface area contributed by atoms with Crippen molar-refractivity contribution in [2.24, 2.45) is 5.92 Å². The number of nitrogens with zero attached hydrogens (tertiary/aromatic N) is 3. The summed E-state index contributed by atoms with van der Waals surface area (Å²) in [5, 5.41) is 3.16. The normalized spacial score (nSPS) is 17.0. The number of likely N-dealkylation sites (tertiary alicyclic amines) is 1. The van der Waals surface area contributed by atoms with Crippen LogP contribution in [0.25, 0.3) is 0 Å². The molecule has 2 aromatic carbocycles. The van der Waals surface area contributed by atoms with Crippen molar-refractivity contribution in [1.82, 2.24) is 19.8 Å². The van der Waals surface area contributed by atoms with Gasteiger partial charge >= 0.3 is 0 Å². The molecule has 1 N–H and O–H groups in total. The third kappa shape index (κ3) is 5.80. The number of imidazole rings is 1. The monoisotopic (exact) mass is 466 g/mol. The maximum Gasteiger partial charge on any atom is 0.224 e. The van der Waals surface area contributed by atoms with Crippen LogP contribution in [0.1, 0.15) is 29.5 Å². The van der Waals surface area contributed by atoms with Crippen LogP contribution in [0.4, 0.5) is 0 Å². The Hall–Kier alpha value is -2.44. The molecule has 1 amide bonds. The molecule has 1 fully saturated rings. The van der Waals surface area contributed by atoms with Crippen molar-refractivity contribution in [3.05, 3.63) is 88.4 Å². The van der Waals surface area contributed by atoms with Gasteiger partial charge < -0.3 is 9.88 Å². The summed E-state index contributed by atoms with van der Waals surface area (Å²) >= 11 is 3.54. The molecule has 4 rings (SSSR count). The molecule has 1 saturated heterocycles. The summed E-state index contributed by atoms with van der Waals surface area (Å²) < 4.78 is 3.14. The second-order valence-electron chi connectivity index (χ2n) is 7.98. The molecule has 30 heavy (non-hydrogen) atoms. The topological polar surface area (TPSA) is 50.2 Å². The highest BCUT2D eigenvalue weighted by Gasteiger charge is 2.25. The van der Waals surface area contributed by atoms with Gasteiger partial charge in [-0.05, 0) is 48.2 Å². The largest absolute Gasteiger partial charge is 0.352 e. The molecule has 0 spiro atoms. The molecular weight excluding hydrogens is 440 g/mol. The molecule has 1 unspecified atom stereocenters. The first-order chi connectivity index (χ1) is 14.7. The number of carbonyl (C=O) groups is 1. The highest BCUT2D eigenvalue weighted by Crippen LogP contribution is 2.20. The van der Waals surface area contributed by atoms with E-state index in [9.17, 15) is 4.79 Å². The maximum absolute atomic E-state index is 12.8. The van der Waals surface area contributed by atoms with Gasteiger partial charge in [0.25, 0.3) is 0 Å². The van der Waals surface area contributed by atoms with E-state index < -0.39 is 0 Å². The van der Waals surface area contributed by atoms with Gasteiger partial charge in [0.05, 0.1) is 12.2 Å². The van der Waals surface area contributed by atoms with E-state index in [2.05, 4.69) is 67.5 Å². The van der Waals surface area contributed by atoms with E-state index in [1.165, 1.54) is 11.1 Å². The number of hydrogen-bond donors (Lipinski definition) is 1. The Morgan fingerprint density at radius 1 is 1.10 bits per heavy atom. The molecule has 156 valence electrons. The number of nitrogens with one attached hydrogen (secondary N) is 1. The predicted octanol–water partition coefficient (Wildman–Crippen LogP) is 4.22. The smallest absolute Gasteiger partial charge is 0.224 e. The molecule has 1 atom stereocenters. The Morgan fingerprint density at radius 3 is 2.70 bits per heavy atom. The van der Waals surface area contributed by atoms with E-state index in [1.54, 1.807) is 6.20 Å². The van der Waals surface area contributed by atoms with E-state index >= 15 is 0 Å². The van der Waals surface area contributed by atoms with Crippen LogP contribution >= 0.6 is 15.9 Å². The lowest BCUT2D eigenvalue weighted by atomic mass is 9.96. The summed E-state index contributed by atoms with van der Waals surface area (Å²) in [5.74, 6) is 0.217. The van der Waals surface area contributed by atoms with Crippen molar-refractivity contribution in [2.45, 2.75) is 32.5 Å². The van der Waals surface area contributed by atoms with Gasteiger partial charge in [-0.3, -0.25) is 9.69 Å². The number of aromatic nitrogens is 2. The molecule has 0 saturated carbocycles. The van der Waals surface area contributed by atoms with Crippen LogP contribution in [0.5, 0.6) is 0 Å². The van der Waals surface area contributed by atoms with Crippen LogP contribution in [-0.4, -0.2) is 33.4 Å². The van der Waals surface area contributed by atoms with Crippen LogP contribution in [0, 0.1) is 5.92 Å². The Labute approximate surface area is 186 Å². The number of benzene rings is 2. The molecule has 0 aliphatic carbocycles. The molecule has 1 aromatic heterocycles. The predicted molar refractivity (Wildman–Crippen MR) is 122 cm³/mol. The minimum atomic E-state index is 0.0556. The van der Waals surface area contributed by atoms with Crippen molar-refractivity contribution in [3.8, 4) is 0 Å². The Balaban J connectivity index is 1.29. The lowest BCUT2D eigenvalue weighted by Crippen LogP contribution is -2.42. The summed E-state index contributed by atoms with van der Waals surface area (Å²) in [7, 11) is 0. The molecule has 0 bridgehead atoms. The number of hydrogen-bond acceptors (Lipinski definition) is 3. The standard InChI is InChI=1S/C24H27BrN4O/c25-23-8-2-6-21(13-23)15-28-10-3-7-22(17-28)24(30)27-14-19-4-1-5-20(12-19)16-29-11-9-26-18-29/h1-2,4-6,8-9,11-13,18,22H,3,7,10,14-17H2,(H,27,30). The molecule has 0 radical (unpaired) electrons. The number of rotatable bonds is 7. The quantitative estimate of drug-likeness (QED) is 0.566. The minimum absolute atomic E-state index is 0.0556. The van der Waals surface area contributed by atoms with Gasteiger partial charge in [0.2, 0.25) is 5.91 Å². The van der Waals surface area contributed by atoms with Gasteiger partial charge in [-0.1, -0.05) is 52.3 Å². The van der Waals surface area contributed by atoms with Gasteiger partial charge in [0.15, 0.2) is 0 Å². The SMILES string of the molecule is O=C(NCc1cccc(Cn2ccnc2)c1)C1CCCN(Cc2cccc(Br)c2)C1. The van der Waals surface area contributed by atoms with Crippen LogP contribution < -0.4 is 5.32 Å². The van der Waals surface area contributed by atoms with Crippen LogP contribution in [-0.2, 0) is 24.4 Å². The lowest BCUT2D eigenvalue weighted by Gasteiger charge is -2.32. The fourth-order valence-corrected chi connectivity index (χ4v) is 4.52. The van der Waals surface area contributed by atoms with Gasteiger partial charge in [0, 0.05) is 43.0 Å². The number of halogens is 1. The minimum Gasteiger partial charge on any atom is -0.352 e. The zero-order valence-electron chi connectivity index (χ0n) is 17.0. The Bertz CT molecular complexity index is 973. The summed E-state index contributed by atoms with van der Waals surface area (Å²) in [6.07, 6.45) is 7.58. The molecule has 2 heterocycles. The fraction of sp³-hybridized carbons (Fsp3) is 0.333. The molecule has 3 aromatic rings. The summed E-state index contributed by atoms with van der Waals surface area (Å²) in [4.78, 5) is 19.3. The zero-order valence-corrected chi connectivity index (χ0v) is 18.6. The fourth-order valence-electron chi connectivity index (χ4n) is 4.07. The Kier molecular flexibility index (Phi) is 6.97. The highest BCUT2D eigenvalue weighted by molar-refractivity contribution is 9.10. The van der Waals surface area contributed by atoms with Crippen molar-refractivity contribution < 1.29 is 4.79 Å². The summed E-state index contributed by atoms with van der Waals surface area (Å²) in [6.45, 7) is 4.11. The van der Waals surface area contributed by atoms with E-state index in [4.69, 9.17) is 0 Å². The average Bonchev–Trinajstić information content (AvgIpc) is 3.25. The van der Waals surface area contributed by atoms with Crippen molar-refractivity contribution >= 4 is 21.8 Å². The number of piperidine rings is 1. The van der Waals surface area contributed by atoms with Crippen molar-refractivity contribution in [1.29, 1.82) is 0 Å². The van der Waals surface area contributed by atoms with E-state index in [-0.39, 0.29) is 11.8 Å². The third-order valence-electron chi connectivity index (χ3n) is 5.55. The van der Waals surface area contributed by atoms with Gasteiger partial charge in [0.1, 0.15) is 0 Å². The van der Waals surface area contributed by atoms with Crippen LogP contribution in [0.3, 0.4) is 0 Å². The average molecular weight is 467 g/mol. The second kappa shape index (κ2) is 10.0. The third-order valence-corrected chi connectivity index (χ3v) is 6.05. The molecule has 5 nitrogen and oxygen atoms in total. The summed E-state index contributed by atoms with van der Waals surface area (Å²) in [6, 6.07) is 16.8. The molecule has 6 heteroatoms. The van der Waals surface area contributed by atoms with Crippen molar-refractivity contribution in [3.63, 3.8) is 0 Å². The number of carbonyl (C=O) groups excluding carboxylic acids is 1. The molecular formula is C24H27BrN4O. The van der Waals surface area contributed by atoms with Crippen LogP contribution in [0.15, 0.2) is 71.7 Å². The lowest BCUT2D eigenvalue weighted by molar-refractivity contribution is -0.126. The summed E-state index contributed by atoms with van der Waals surface area (Å²) in [5.41, 5.74) is 3.61. The van der Waals surface area contributed by atoms with Crippen LogP contribution in [0.2, 0.25) is 0 Å². The van der Waals surface area contributed by atoms with Gasteiger partial charge in [-0.25, -0.2) is 4.98 Å². The van der Waals surface area contributed by atoms with Crippen molar-refractivity contribution in [2.75, 3.05) is 13.1 Å². The number of amides is 1. The van der Waals surface area contributed by atoms with Gasteiger partial charge in [-0.15, -0.1) is 0 Å². The second-order valence-corrected chi connectivity index (χ2v) is 8.89. The van der Waals surface area contributed by atoms with E-state index in [1.807, 2.05) is 29.2 Å². The first-order valence-corrected chi connectivity index (χ1v) is 11.2. The van der Waals surface area contributed by atoms with E-state index in [0.29, 0.717) is 6.54 Å². The van der Waals surface area contributed by atoms with E-state index in [0.717, 1.165) is 49.1 Å². The molecule has 1 aliphatic rings. The zero-order chi connectivity index (χ0) is 20.8. The van der Waals surface area contributed by atoms with Gasteiger partial charge in [-0.2, -0.15) is 0 Å². The first kappa shape index (κ1) is 20.8. The Morgan fingerprint density at radius 2 is 1.90 bits per heavy atom. The highest BCUT2D eigenvalue weighted by atomic mass is 79.9. The maximum atomic E-state index is 12.8.